The lowest BCUT2D eigenvalue weighted by Crippen LogP contribution is -2.34. The van der Waals surface area contributed by atoms with Crippen molar-refractivity contribution in [1.82, 2.24) is 5.32 Å². The summed E-state index contributed by atoms with van der Waals surface area (Å²) in [6.07, 6.45) is 11.5. The van der Waals surface area contributed by atoms with Crippen LogP contribution in [0, 0.1) is 17.8 Å². The Labute approximate surface area is 128 Å². The molecule has 3 unspecified atom stereocenters. The summed E-state index contributed by atoms with van der Waals surface area (Å²) in [5.41, 5.74) is 0. The van der Waals surface area contributed by atoms with Gasteiger partial charge in [-0.15, -0.1) is 11.3 Å². The highest BCUT2D eigenvalue weighted by atomic mass is 32.1. The largest absolute Gasteiger partial charge is 0.309 e. The van der Waals surface area contributed by atoms with E-state index in [1.165, 1.54) is 57.9 Å². The smallest absolute Gasteiger partial charge is 0.0443 e. The standard InChI is InChI=1S/C18H29NS/c1-14-7-2-3-10-16(14)13-19-18(15-8-4-5-9-15)17-11-6-12-20-17/h6,11-12,14-16,18-19H,2-5,7-10,13H2,1H3. The van der Waals surface area contributed by atoms with E-state index in [2.05, 4.69) is 29.8 Å². The van der Waals surface area contributed by atoms with Crippen LogP contribution in [0.3, 0.4) is 0 Å². The van der Waals surface area contributed by atoms with E-state index in [0.717, 1.165) is 17.8 Å². The second kappa shape index (κ2) is 7.09. The van der Waals surface area contributed by atoms with Crippen molar-refractivity contribution in [3.8, 4) is 0 Å². The van der Waals surface area contributed by atoms with Gasteiger partial charge in [-0.25, -0.2) is 0 Å². The van der Waals surface area contributed by atoms with E-state index < -0.39 is 0 Å². The predicted molar refractivity (Wildman–Crippen MR) is 88.1 cm³/mol. The molecular weight excluding hydrogens is 262 g/mol. The van der Waals surface area contributed by atoms with Crippen molar-refractivity contribution in [2.75, 3.05) is 6.54 Å². The molecule has 1 aromatic heterocycles. The number of hydrogen-bond donors (Lipinski definition) is 1. The van der Waals surface area contributed by atoms with Gasteiger partial charge >= 0.3 is 0 Å². The van der Waals surface area contributed by atoms with Crippen LogP contribution >= 0.6 is 11.3 Å². The molecule has 1 N–H and O–H groups in total. The number of rotatable bonds is 5. The Morgan fingerprint density at radius 2 is 1.90 bits per heavy atom. The highest BCUT2D eigenvalue weighted by Crippen LogP contribution is 2.38. The summed E-state index contributed by atoms with van der Waals surface area (Å²) in [6.45, 7) is 3.70. The quantitative estimate of drug-likeness (QED) is 0.766. The zero-order valence-corrected chi connectivity index (χ0v) is 13.6. The summed E-state index contributed by atoms with van der Waals surface area (Å²) in [5.74, 6) is 2.71. The average molecular weight is 292 g/mol. The first kappa shape index (κ1) is 14.6. The number of thiophene rings is 1. The van der Waals surface area contributed by atoms with E-state index in [4.69, 9.17) is 0 Å². The topological polar surface area (TPSA) is 12.0 Å². The van der Waals surface area contributed by atoms with Crippen LogP contribution in [0.15, 0.2) is 17.5 Å². The Morgan fingerprint density at radius 3 is 2.60 bits per heavy atom. The second-order valence-electron chi connectivity index (χ2n) is 6.97. The first-order chi connectivity index (χ1) is 9.84. The fourth-order valence-corrected chi connectivity index (χ4v) is 5.13. The Hall–Kier alpha value is -0.340. The van der Waals surface area contributed by atoms with Crippen LogP contribution in [-0.2, 0) is 0 Å². The van der Waals surface area contributed by atoms with Crippen molar-refractivity contribution in [2.24, 2.45) is 17.8 Å². The molecule has 20 heavy (non-hydrogen) atoms. The highest BCUT2D eigenvalue weighted by molar-refractivity contribution is 7.10. The maximum atomic E-state index is 3.97. The molecule has 0 spiro atoms. The van der Waals surface area contributed by atoms with E-state index in [-0.39, 0.29) is 0 Å². The van der Waals surface area contributed by atoms with Crippen LogP contribution in [0.5, 0.6) is 0 Å². The summed E-state index contributed by atoms with van der Waals surface area (Å²) in [6, 6.07) is 5.18. The fraction of sp³-hybridized carbons (Fsp3) is 0.778. The first-order valence-corrected chi connectivity index (χ1v) is 9.49. The van der Waals surface area contributed by atoms with Crippen molar-refractivity contribution in [3.05, 3.63) is 22.4 Å². The third-order valence-corrected chi connectivity index (χ3v) is 6.57. The second-order valence-corrected chi connectivity index (χ2v) is 7.95. The van der Waals surface area contributed by atoms with Crippen LogP contribution in [-0.4, -0.2) is 6.54 Å². The first-order valence-electron chi connectivity index (χ1n) is 8.61. The molecule has 2 heteroatoms. The molecule has 1 aromatic rings. The molecule has 2 aliphatic carbocycles. The Balaban J connectivity index is 1.61. The van der Waals surface area contributed by atoms with Gasteiger partial charge in [-0.05, 0) is 55.0 Å². The summed E-state index contributed by atoms with van der Waals surface area (Å²) < 4.78 is 0. The van der Waals surface area contributed by atoms with Gasteiger partial charge in [-0.2, -0.15) is 0 Å². The Morgan fingerprint density at radius 1 is 1.15 bits per heavy atom. The van der Waals surface area contributed by atoms with E-state index in [1.54, 1.807) is 4.88 Å². The Bertz CT molecular complexity index is 380. The summed E-state index contributed by atoms with van der Waals surface area (Å²) in [7, 11) is 0. The average Bonchev–Trinajstić information content (AvgIpc) is 3.14. The molecule has 2 aliphatic rings. The van der Waals surface area contributed by atoms with Gasteiger partial charge in [-0.3, -0.25) is 0 Å². The van der Waals surface area contributed by atoms with Gasteiger partial charge in [0.25, 0.3) is 0 Å². The van der Waals surface area contributed by atoms with Crippen LogP contribution in [0.25, 0.3) is 0 Å². The SMILES string of the molecule is CC1CCCCC1CNC(c1cccs1)C1CCCC1. The van der Waals surface area contributed by atoms with Crippen molar-refractivity contribution in [3.63, 3.8) is 0 Å². The van der Waals surface area contributed by atoms with E-state index in [0.29, 0.717) is 6.04 Å². The molecule has 0 bridgehead atoms. The summed E-state index contributed by atoms with van der Waals surface area (Å²) in [4.78, 5) is 1.57. The van der Waals surface area contributed by atoms with Crippen molar-refractivity contribution in [2.45, 2.75) is 64.3 Å². The molecule has 0 aliphatic heterocycles. The molecule has 0 aromatic carbocycles. The van der Waals surface area contributed by atoms with E-state index in [9.17, 15) is 0 Å². The minimum atomic E-state index is 0.631. The zero-order valence-electron chi connectivity index (χ0n) is 12.8. The van der Waals surface area contributed by atoms with E-state index in [1.807, 2.05) is 11.3 Å². The molecule has 1 nitrogen and oxygen atoms in total. The monoisotopic (exact) mass is 291 g/mol. The van der Waals surface area contributed by atoms with Gasteiger partial charge in [0.05, 0.1) is 0 Å². The normalized spacial score (nSPS) is 29.6. The fourth-order valence-electron chi connectivity index (χ4n) is 4.23. The van der Waals surface area contributed by atoms with Gasteiger partial charge in [0, 0.05) is 10.9 Å². The lowest BCUT2D eigenvalue weighted by Gasteiger charge is -2.32. The van der Waals surface area contributed by atoms with Gasteiger partial charge in [0.2, 0.25) is 0 Å². The van der Waals surface area contributed by atoms with Crippen LogP contribution in [0.2, 0.25) is 0 Å². The molecule has 2 fully saturated rings. The third-order valence-electron chi connectivity index (χ3n) is 5.61. The molecule has 3 atom stereocenters. The molecule has 0 amide bonds. The molecule has 0 radical (unpaired) electrons. The summed E-state index contributed by atoms with van der Waals surface area (Å²) in [5, 5.41) is 6.21. The van der Waals surface area contributed by atoms with Gasteiger partial charge in [0.1, 0.15) is 0 Å². The minimum Gasteiger partial charge on any atom is -0.309 e. The highest BCUT2D eigenvalue weighted by Gasteiger charge is 2.28. The lowest BCUT2D eigenvalue weighted by molar-refractivity contribution is 0.229. The maximum Gasteiger partial charge on any atom is 0.0443 e. The van der Waals surface area contributed by atoms with Gasteiger partial charge in [-0.1, -0.05) is 45.1 Å². The van der Waals surface area contributed by atoms with Crippen LogP contribution in [0.1, 0.15) is 69.2 Å². The van der Waals surface area contributed by atoms with Crippen molar-refractivity contribution < 1.29 is 0 Å². The molecule has 2 saturated carbocycles. The number of nitrogens with one attached hydrogen (secondary N) is 1. The summed E-state index contributed by atoms with van der Waals surface area (Å²) >= 11 is 1.94. The van der Waals surface area contributed by atoms with Crippen LogP contribution < -0.4 is 5.32 Å². The lowest BCUT2D eigenvalue weighted by atomic mass is 9.80. The predicted octanol–water partition coefficient (Wildman–Crippen LogP) is 5.40. The molecule has 1 heterocycles. The van der Waals surface area contributed by atoms with Gasteiger partial charge < -0.3 is 5.32 Å². The molecule has 112 valence electrons. The van der Waals surface area contributed by atoms with Gasteiger partial charge in [0.15, 0.2) is 0 Å². The third kappa shape index (κ3) is 3.46. The van der Waals surface area contributed by atoms with Crippen molar-refractivity contribution in [1.29, 1.82) is 0 Å². The number of hydrogen-bond acceptors (Lipinski definition) is 2. The molecule has 0 saturated heterocycles. The maximum absolute atomic E-state index is 3.97. The van der Waals surface area contributed by atoms with Crippen LogP contribution in [0.4, 0.5) is 0 Å². The zero-order chi connectivity index (χ0) is 13.8. The van der Waals surface area contributed by atoms with Crippen molar-refractivity contribution >= 4 is 11.3 Å². The minimum absolute atomic E-state index is 0.631. The molecule has 3 rings (SSSR count). The van der Waals surface area contributed by atoms with E-state index >= 15 is 0 Å². The Kier molecular flexibility index (Phi) is 5.17. The molecular formula is C18H29NS.